The Labute approximate surface area is 89.5 Å². The quantitative estimate of drug-likeness (QED) is 0.750. The highest BCUT2D eigenvalue weighted by Gasteiger charge is 2.13. The van der Waals surface area contributed by atoms with Crippen LogP contribution in [0.2, 0.25) is 0 Å². The zero-order valence-corrected chi connectivity index (χ0v) is 9.86. The molecule has 14 heavy (non-hydrogen) atoms. The van der Waals surface area contributed by atoms with Gasteiger partial charge in [-0.25, -0.2) is 0 Å². The van der Waals surface area contributed by atoms with Gasteiger partial charge in [-0.05, 0) is 32.4 Å². The summed E-state index contributed by atoms with van der Waals surface area (Å²) < 4.78 is 0. The van der Waals surface area contributed by atoms with Crippen LogP contribution in [0.1, 0.15) is 35.3 Å². The normalized spacial score (nSPS) is 10.2. The molecular weight excluding hydrogens is 194 g/mol. The maximum absolute atomic E-state index is 11.9. The Kier molecular flexibility index (Phi) is 4.14. The van der Waals surface area contributed by atoms with Crippen molar-refractivity contribution >= 4 is 17.2 Å². The van der Waals surface area contributed by atoms with Gasteiger partial charge < -0.3 is 4.90 Å². The number of amides is 1. The van der Waals surface area contributed by atoms with Crippen LogP contribution in [0, 0.1) is 0 Å². The molecule has 1 amide bonds. The molecule has 78 valence electrons. The summed E-state index contributed by atoms with van der Waals surface area (Å²) in [6.07, 6.45) is 1.01. The second kappa shape index (κ2) is 5.15. The molecule has 3 heteroatoms. The summed E-state index contributed by atoms with van der Waals surface area (Å²) in [5, 5.41) is 0. The summed E-state index contributed by atoms with van der Waals surface area (Å²) in [6.45, 7) is 7.70. The van der Waals surface area contributed by atoms with Crippen molar-refractivity contribution in [1.29, 1.82) is 0 Å². The largest absolute Gasteiger partial charge is 0.339 e. The van der Waals surface area contributed by atoms with Crippen molar-refractivity contribution in [2.45, 2.75) is 27.2 Å². The van der Waals surface area contributed by atoms with Crippen LogP contribution in [0.25, 0.3) is 0 Å². The van der Waals surface area contributed by atoms with E-state index in [0.717, 1.165) is 24.4 Å². The van der Waals surface area contributed by atoms with Crippen molar-refractivity contribution in [3.63, 3.8) is 0 Å². The van der Waals surface area contributed by atoms with E-state index < -0.39 is 0 Å². The second-order valence-corrected chi connectivity index (χ2v) is 4.27. The third-order valence-electron chi connectivity index (χ3n) is 2.27. The molecule has 2 nitrogen and oxygen atoms in total. The van der Waals surface area contributed by atoms with E-state index in [1.807, 2.05) is 30.9 Å². The molecule has 0 aliphatic rings. The lowest BCUT2D eigenvalue weighted by molar-refractivity contribution is 0.0778. The highest BCUT2D eigenvalue weighted by Crippen LogP contribution is 2.18. The Morgan fingerprint density at radius 1 is 1.29 bits per heavy atom. The van der Waals surface area contributed by atoms with E-state index in [-0.39, 0.29) is 5.91 Å². The molecule has 0 radical (unpaired) electrons. The Bertz CT molecular complexity index is 302. The molecule has 0 saturated heterocycles. The van der Waals surface area contributed by atoms with Crippen LogP contribution in [-0.4, -0.2) is 23.9 Å². The SMILES string of the molecule is CCc1ccc(C(=O)N(CC)CC)s1. The first-order valence-electron chi connectivity index (χ1n) is 5.10. The molecule has 0 aliphatic heterocycles. The van der Waals surface area contributed by atoms with Gasteiger partial charge in [0.05, 0.1) is 4.88 Å². The van der Waals surface area contributed by atoms with Crippen molar-refractivity contribution in [3.05, 3.63) is 21.9 Å². The number of hydrogen-bond donors (Lipinski definition) is 0. The minimum atomic E-state index is 0.166. The molecule has 1 rings (SSSR count). The van der Waals surface area contributed by atoms with Gasteiger partial charge in [0.15, 0.2) is 0 Å². The number of nitrogens with zero attached hydrogens (tertiary/aromatic N) is 1. The molecule has 0 atom stereocenters. The fourth-order valence-electron chi connectivity index (χ4n) is 1.35. The van der Waals surface area contributed by atoms with Gasteiger partial charge in [-0.3, -0.25) is 4.79 Å². The number of hydrogen-bond acceptors (Lipinski definition) is 2. The molecule has 0 N–H and O–H groups in total. The first kappa shape index (κ1) is 11.2. The minimum absolute atomic E-state index is 0.166. The minimum Gasteiger partial charge on any atom is -0.339 e. The van der Waals surface area contributed by atoms with Gasteiger partial charge in [-0.2, -0.15) is 0 Å². The van der Waals surface area contributed by atoms with Crippen molar-refractivity contribution in [3.8, 4) is 0 Å². The van der Waals surface area contributed by atoms with Crippen molar-refractivity contribution in [1.82, 2.24) is 4.90 Å². The van der Waals surface area contributed by atoms with Gasteiger partial charge in [-0.15, -0.1) is 11.3 Å². The Morgan fingerprint density at radius 3 is 2.36 bits per heavy atom. The topological polar surface area (TPSA) is 20.3 Å². The summed E-state index contributed by atoms with van der Waals surface area (Å²) in [4.78, 5) is 15.9. The van der Waals surface area contributed by atoms with Crippen LogP contribution in [0.4, 0.5) is 0 Å². The number of carbonyl (C=O) groups excluding carboxylic acids is 1. The fourth-order valence-corrected chi connectivity index (χ4v) is 2.26. The third-order valence-corrected chi connectivity index (χ3v) is 3.49. The fraction of sp³-hybridized carbons (Fsp3) is 0.545. The van der Waals surface area contributed by atoms with Crippen LogP contribution < -0.4 is 0 Å². The van der Waals surface area contributed by atoms with Gasteiger partial charge in [0.25, 0.3) is 5.91 Å². The highest BCUT2D eigenvalue weighted by atomic mass is 32.1. The summed E-state index contributed by atoms with van der Waals surface area (Å²) in [5.74, 6) is 0.166. The van der Waals surface area contributed by atoms with E-state index in [0.29, 0.717) is 0 Å². The zero-order chi connectivity index (χ0) is 10.6. The van der Waals surface area contributed by atoms with Crippen molar-refractivity contribution in [2.24, 2.45) is 0 Å². The zero-order valence-electron chi connectivity index (χ0n) is 9.04. The predicted octanol–water partition coefficient (Wildman–Crippen LogP) is 2.79. The van der Waals surface area contributed by atoms with E-state index in [9.17, 15) is 4.79 Å². The van der Waals surface area contributed by atoms with Gasteiger partial charge >= 0.3 is 0 Å². The Hall–Kier alpha value is -0.830. The molecule has 0 saturated carbocycles. The third kappa shape index (κ3) is 2.35. The van der Waals surface area contributed by atoms with Crippen LogP contribution in [0.3, 0.4) is 0 Å². The van der Waals surface area contributed by atoms with Crippen LogP contribution in [-0.2, 0) is 6.42 Å². The summed E-state index contributed by atoms with van der Waals surface area (Å²) in [6, 6.07) is 3.98. The van der Waals surface area contributed by atoms with Gasteiger partial charge in [-0.1, -0.05) is 6.92 Å². The molecule has 0 aliphatic carbocycles. The summed E-state index contributed by atoms with van der Waals surface area (Å²) >= 11 is 1.61. The summed E-state index contributed by atoms with van der Waals surface area (Å²) in [5.41, 5.74) is 0. The van der Waals surface area contributed by atoms with Crippen LogP contribution >= 0.6 is 11.3 Å². The average molecular weight is 211 g/mol. The van der Waals surface area contributed by atoms with E-state index in [4.69, 9.17) is 0 Å². The molecule has 1 aromatic rings. The first-order valence-corrected chi connectivity index (χ1v) is 5.92. The first-order chi connectivity index (χ1) is 6.72. The molecule has 0 aromatic carbocycles. The molecule has 0 unspecified atom stereocenters. The lowest BCUT2D eigenvalue weighted by Crippen LogP contribution is -2.29. The monoisotopic (exact) mass is 211 g/mol. The molecule has 1 heterocycles. The molecule has 1 aromatic heterocycles. The smallest absolute Gasteiger partial charge is 0.263 e. The average Bonchev–Trinajstić information content (AvgIpc) is 2.67. The highest BCUT2D eigenvalue weighted by molar-refractivity contribution is 7.14. The molecule has 0 spiro atoms. The van der Waals surface area contributed by atoms with Gasteiger partial charge in [0, 0.05) is 18.0 Å². The van der Waals surface area contributed by atoms with Crippen LogP contribution in [0.5, 0.6) is 0 Å². The van der Waals surface area contributed by atoms with E-state index in [1.54, 1.807) is 11.3 Å². The lowest BCUT2D eigenvalue weighted by Gasteiger charge is -2.17. The molecular formula is C11H17NOS. The summed E-state index contributed by atoms with van der Waals surface area (Å²) in [7, 11) is 0. The number of thiophene rings is 1. The van der Waals surface area contributed by atoms with Crippen LogP contribution in [0.15, 0.2) is 12.1 Å². The molecule has 0 fully saturated rings. The predicted molar refractivity (Wildman–Crippen MR) is 60.9 cm³/mol. The standard InChI is InChI=1S/C11H17NOS/c1-4-9-7-8-10(14-9)11(13)12(5-2)6-3/h7-8H,4-6H2,1-3H3. The Morgan fingerprint density at radius 2 is 1.93 bits per heavy atom. The maximum Gasteiger partial charge on any atom is 0.263 e. The van der Waals surface area contributed by atoms with Gasteiger partial charge in [0.2, 0.25) is 0 Å². The Balaban J connectivity index is 2.77. The number of carbonyl (C=O) groups is 1. The van der Waals surface area contributed by atoms with E-state index in [1.165, 1.54) is 4.88 Å². The van der Waals surface area contributed by atoms with E-state index >= 15 is 0 Å². The lowest BCUT2D eigenvalue weighted by atomic mass is 10.3. The van der Waals surface area contributed by atoms with Gasteiger partial charge in [0.1, 0.15) is 0 Å². The number of rotatable bonds is 4. The second-order valence-electron chi connectivity index (χ2n) is 3.10. The number of aryl methyl sites for hydroxylation is 1. The maximum atomic E-state index is 11.9. The van der Waals surface area contributed by atoms with Crippen molar-refractivity contribution in [2.75, 3.05) is 13.1 Å². The van der Waals surface area contributed by atoms with E-state index in [2.05, 4.69) is 6.92 Å². The molecule has 0 bridgehead atoms. The van der Waals surface area contributed by atoms with Crippen molar-refractivity contribution < 1.29 is 4.79 Å².